The van der Waals surface area contributed by atoms with Crippen LogP contribution < -0.4 is 5.32 Å². The molecular weight excluding hydrogens is 262 g/mol. The molecule has 0 amide bonds. The Hall–Kier alpha value is -1.91. The van der Waals surface area contributed by atoms with Crippen LogP contribution in [0.25, 0.3) is 11.4 Å². The summed E-state index contributed by atoms with van der Waals surface area (Å²) >= 11 is 0. The maximum Gasteiger partial charge on any atom is 0.164 e. The van der Waals surface area contributed by atoms with E-state index in [2.05, 4.69) is 50.0 Å². The van der Waals surface area contributed by atoms with Gasteiger partial charge in [-0.2, -0.15) is 5.10 Å². The first-order valence-electron chi connectivity index (χ1n) is 7.72. The summed E-state index contributed by atoms with van der Waals surface area (Å²) < 4.78 is 1.94. The molecule has 0 fully saturated rings. The predicted octanol–water partition coefficient (Wildman–Crippen LogP) is 3.61. The van der Waals surface area contributed by atoms with Gasteiger partial charge in [0.2, 0.25) is 0 Å². The normalized spacial score (nSPS) is 11.1. The second kappa shape index (κ2) is 6.70. The van der Waals surface area contributed by atoms with Crippen LogP contribution in [-0.2, 0) is 6.54 Å². The Morgan fingerprint density at radius 3 is 2.62 bits per heavy atom. The minimum atomic E-state index is 0.399. The number of nitrogens with zero attached hydrogens (tertiary/aromatic N) is 4. The summed E-state index contributed by atoms with van der Waals surface area (Å²) in [6.07, 6.45) is 4.92. The molecule has 0 atom stereocenters. The fourth-order valence-electron chi connectivity index (χ4n) is 2.53. The van der Waals surface area contributed by atoms with E-state index in [1.54, 1.807) is 0 Å². The third kappa shape index (κ3) is 3.40. The molecule has 0 bridgehead atoms. The molecule has 0 spiro atoms. The van der Waals surface area contributed by atoms with Crippen LogP contribution in [0.15, 0.2) is 12.4 Å². The molecule has 0 aliphatic rings. The van der Waals surface area contributed by atoms with E-state index in [0.717, 1.165) is 42.4 Å². The Bertz CT molecular complexity index is 601. The number of hydrogen-bond donors (Lipinski definition) is 1. The van der Waals surface area contributed by atoms with Crippen molar-refractivity contribution in [3.8, 4) is 11.4 Å². The molecule has 0 aliphatic heterocycles. The van der Waals surface area contributed by atoms with Gasteiger partial charge in [-0.1, -0.05) is 20.8 Å². The molecule has 0 saturated carbocycles. The number of anilines is 1. The van der Waals surface area contributed by atoms with Crippen molar-refractivity contribution in [2.24, 2.45) is 0 Å². The quantitative estimate of drug-likeness (QED) is 0.881. The monoisotopic (exact) mass is 287 g/mol. The fraction of sp³-hybridized carbons (Fsp3) is 0.562. The van der Waals surface area contributed by atoms with Gasteiger partial charge in [-0.15, -0.1) is 0 Å². The number of rotatable bonds is 6. The van der Waals surface area contributed by atoms with Crippen molar-refractivity contribution < 1.29 is 0 Å². The summed E-state index contributed by atoms with van der Waals surface area (Å²) in [6.45, 7) is 12.4. The van der Waals surface area contributed by atoms with Crippen LogP contribution in [0, 0.1) is 6.92 Å². The highest BCUT2D eigenvalue weighted by Gasteiger charge is 2.15. The van der Waals surface area contributed by atoms with Crippen molar-refractivity contribution in [3.05, 3.63) is 23.7 Å². The molecule has 114 valence electrons. The van der Waals surface area contributed by atoms with Crippen LogP contribution in [-0.4, -0.2) is 26.3 Å². The molecule has 0 saturated heterocycles. The highest BCUT2D eigenvalue weighted by molar-refractivity contribution is 5.59. The topological polar surface area (TPSA) is 55.6 Å². The lowest BCUT2D eigenvalue weighted by Crippen LogP contribution is -2.09. The van der Waals surface area contributed by atoms with Crippen molar-refractivity contribution in [2.75, 3.05) is 11.9 Å². The van der Waals surface area contributed by atoms with Crippen molar-refractivity contribution in [1.82, 2.24) is 19.7 Å². The van der Waals surface area contributed by atoms with Crippen molar-refractivity contribution in [1.29, 1.82) is 0 Å². The highest BCUT2D eigenvalue weighted by atomic mass is 15.3. The molecule has 0 radical (unpaired) electrons. The van der Waals surface area contributed by atoms with Gasteiger partial charge < -0.3 is 5.32 Å². The van der Waals surface area contributed by atoms with Gasteiger partial charge in [0.25, 0.3) is 0 Å². The minimum Gasteiger partial charge on any atom is -0.370 e. The first kappa shape index (κ1) is 15.5. The maximum atomic E-state index is 4.71. The molecule has 0 aliphatic carbocycles. The second-order valence-electron chi connectivity index (χ2n) is 5.57. The lowest BCUT2D eigenvalue weighted by Gasteiger charge is -2.16. The summed E-state index contributed by atoms with van der Waals surface area (Å²) in [5, 5.41) is 7.72. The molecule has 1 N–H and O–H groups in total. The molecule has 0 aromatic carbocycles. The van der Waals surface area contributed by atoms with Gasteiger partial charge in [0.1, 0.15) is 5.82 Å². The summed E-state index contributed by atoms with van der Waals surface area (Å²) in [5.74, 6) is 2.09. The Morgan fingerprint density at radius 1 is 1.24 bits per heavy atom. The average molecular weight is 287 g/mol. The lowest BCUT2D eigenvalue weighted by molar-refractivity contribution is 0.603. The molecule has 0 unspecified atom stereocenters. The zero-order chi connectivity index (χ0) is 15.4. The first-order valence-corrected chi connectivity index (χ1v) is 7.72. The molecule has 2 aromatic heterocycles. The van der Waals surface area contributed by atoms with Gasteiger partial charge in [-0.05, 0) is 26.2 Å². The number of nitrogens with one attached hydrogen (secondary N) is 1. The van der Waals surface area contributed by atoms with Crippen molar-refractivity contribution in [2.45, 2.75) is 53.5 Å². The molecule has 2 aromatic rings. The van der Waals surface area contributed by atoms with E-state index in [9.17, 15) is 0 Å². The van der Waals surface area contributed by atoms with E-state index < -0.39 is 0 Å². The summed E-state index contributed by atoms with van der Waals surface area (Å²) in [5.41, 5.74) is 3.21. The van der Waals surface area contributed by atoms with Crippen LogP contribution in [0.4, 0.5) is 5.82 Å². The Morgan fingerprint density at radius 2 is 2.00 bits per heavy atom. The van der Waals surface area contributed by atoms with Crippen LogP contribution in [0.2, 0.25) is 0 Å². The third-order valence-electron chi connectivity index (χ3n) is 3.40. The summed E-state index contributed by atoms with van der Waals surface area (Å²) in [6, 6.07) is 0. The number of aromatic nitrogens is 4. The van der Waals surface area contributed by atoms with E-state index >= 15 is 0 Å². The molecule has 2 rings (SSSR count). The summed E-state index contributed by atoms with van der Waals surface area (Å²) in [7, 11) is 0. The molecule has 2 heterocycles. The molecule has 5 nitrogen and oxygen atoms in total. The van der Waals surface area contributed by atoms with E-state index in [4.69, 9.17) is 4.98 Å². The van der Waals surface area contributed by atoms with Gasteiger partial charge in [0.15, 0.2) is 5.82 Å². The maximum absolute atomic E-state index is 4.71. The Kier molecular flexibility index (Phi) is 4.94. The van der Waals surface area contributed by atoms with Crippen LogP contribution in [0.1, 0.15) is 51.3 Å². The Balaban J connectivity index is 2.44. The predicted molar refractivity (Wildman–Crippen MR) is 86.5 cm³/mol. The van der Waals surface area contributed by atoms with Gasteiger partial charge in [-0.25, -0.2) is 9.97 Å². The Labute approximate surface area is 126 Å². The van der Waals surface area contributed by atoms with Gasteiger partial charge >= 0.3 is 0 Å². The third-order valence-corrected chi connectivity index (χ3v) is 3.40. The van der Waals surface area contributed by atoms with E-state index in [1.165, 1.54) is 5.56 Å². The molecule has 5 heteroatoms. The standard InChI is InChI=1S/C16H25N5/c1-6-8-21-10-13(9-18-21)15-19-12(5)14(11(3)4)16(20-15)17-7-2/h9-11H,6-8H2,1-5H3,(H,17,19,20). The second-order valence-corrected chi connectivity index (χ2v) is 5.57. The van der Waals surface area contributed by atoms with Gasteiger partial charge in [0.05, 0.1) is 11.8 Å². The molecular formula is C16H25N5. The average Bonchev–Trinajstić information content (AvgIpc) is 2.87. The largest absolute Gasteiger partial charge is 0.370 e. The zero-order valence-electron chi connectivity index (χ0n) is 13.6. The number of hydrogen-bond acceptors (Lipinski definition) is 4. The molecule has 21 heavy (non-hydrogen) atoms. The van der Waals surface area contributed by atoms with Crippen LogP contribution >= 0.6 is 0 Å². The van der Waals surface area contributed by atoms with Gasteiger partial charge in [-0.3, -0.25) is 4.68 Å². The fourth-order valence-corrected chi connectivity index (χ4v) is 2.53. The highest BCUT2D eigenvalue weighted by Crippen LogP contribution is 2.27. The van der Waals surface area contributed by atoms with Crippen molar-refractivity contribution >= 4 is 5.82 Å². The van der Waals surface area contributed by atoms with Gasteiger partial charge in [0, 0.05) is 30.5 Å². The van der Waals surface area contributed by atoms with Crippen LogP contribution in [0.5, 0.6) is 0 Å². The first-order chi connectivity index (χ1) is 10.1. The minimum absolute atomic E-state index is 0.399. The smallest absolute Gasteiger partial charge is 0.164 e. The van der Waals surface area contributed by atoms with E-state index in [-0.39, 0.29) is 0 Å². The number of aryl methyl sites for hydroxylation is 2. The van der Waals surface area contributed by atoms with E-state index in [0.29, 0.717) is 5.92 Å². The lowest BCUT2D eigenvalue weighted by atomic mass is 10.0. The van der Waals surface area contributed by atoms with Crippen molar-refractivity contribution in [3.63, 3.8) is 0 Å². The summed E-state index contributed by atoms with van der Waals surface area (Å²) in [4.78, 5) is 9.39. The van der Waals surface area contributed by atoms with E-state index in [1.807, 2.05) is 17.1 Å². The zero-order valence-corrected chi connectivity index (χ0v) is 13.6. The van der Waals surface area contributed by atoms with Crippen LogP contribution in [0.3, 0.4) is 0 Å². The SMILES string of the molecule is CCCn1cc(-c2nc(C)c(C(C)C)c(NCC)n2)cn1.